The van der Waals surface area contributed by atoms with E-state index in [9.17, 15) is 0 Å². The average Bonchev–Trinajstić information content (AvgIpc) is 2.93. The van der Waals surface area contributed by atoms with Gasteiger partial charge in [-0.25, -0.2) is 10.4 Å². The van der Waals surface area contributed by atoms with Crippen LogP contribution in [-0.2, 0) is 0 Å². The van der Waals surface area contributed by atoms with E-state index in [4.69, 9.17) is 5.73 Å². The Labute approximate surface area is 104 Å². The van der Waals surface area contributed by atoms with Crippen molar-refractivity contribution in [2.75, 3.05) is 39.8 Å². The van der Waals surface area contributed by atoms with Crippen LogP contribution in [0.15, 0.2) is 0 Å². The van der Waals surface area contributed by atoms with Crippen LogP contribution in [0.2, 0.25) is 0 Å². The number of hydrogen-bond donors (Lipinski definition) is 2. The fourth-order valence-corrected chi connectivity index (χ4v) is 4.11. The molecular formula is C13H26N4. The number of rotatable bonds is 3. The zero-order chi connectivity index (χ0) is 11.9. The molecule has 1 heterocycles. The topological polar surface area (TPSA) is 44.5 Å². The van der Waals surface area contributed by atoms with Gasteiger partial charge in [0.25, 0.3) is 0 Å². The highest BCUT2D eigenvalue weighted by Crippen LogP contribution is 2.50. The minimum atomic E-state index is 0.235. The Morgan fingerprint density at radius 1 is 1.24 bits per heavy atom. The summed E-state index contributed by atoms with van der Waals surface area (Å²) in [5, 5.41) is 2.42. The summed E-state index contributed by atoms with van der Waals surface area (Å²) < 4.78 is 0. The van der Waals surface area contributed by atoms with Gasteiger partial charge in [-0.3, -0.25) is 0 Å². The number of hydrazine groups is 1. The van der Waals surface area contributed by atoms with Crippen LogP contribution in [0.4, 0.5) is 0 Å². The molecule has 0 aromatic heterocycles. The Kier molecular flexibility index (Phi) is 3.15. The van der Waals surface area contributed by atoms with Crippen LogP contribution >= 0.6 is 0 Å². The summed E-state index contributed by atoms with van der Waals surface area (Å²) >= 11 is 0. The molecule has 3 aliphatic rings. The average molecular weight is 238 g/mol. The van der Waals surface area contributed by atoms with Gasteiger partial charge in [0.2, 0.25) is 0 Å². The van der Waals surface area contributed by atoms with Crippen LogP contribution in [0.1, 0.15) is 25.7 Å². The largest absolute Gasteiger partial charge is 0.329 e. The Bertz CT molecular complexity index is 275. The van der Waals surface area contributed by atoms with Crippen LogP contribution in [0, 0.1) is 11.8 Å². The summed E-state index contributed by atoms with van der Waals surface area (Å²) in [5.41, 5.74) is 10.1. The second kappa shape index (κ2) is 4.50. The number of piperazine rings is 1. The molecule has 98 valence electrons. The lowest BCUT2D eigenvalue weighted by Gasteiger charge is -2.44. The molecule has 0 aromatic carbocycles. The highest BCUT2D eigenvalue weighted by molar-refractivity contribution is 5.06. The summed E-state index contributed by atoms with van der Waals surface area (Å²) in [6, 6.07) is 0. The monoisotopic (exact) mass is 238 g/mol. The fraction of sp³-hybridized carbons (Fsp3) is 1.00. The highest BCUT2D eigenvalue weighted by atomic mass is 15.6. The quantitative estimate of drug-likeness (QED) is 0.740. The first kappa shape index (κ1) is 11.9. The lowest BCUT2D eigenvalue weighted by molar-refractivity contribution is 0.0318. The summed E-state index contributed by atoms with van der Waals surface area (Å²) in [7, 11) is 2.20. The molecule has 0 aromatic rings. The van der Waals surface area contributed by atoms with Crippen molar-refractivity contribution in [3.8, 4) is 0 Å². The van der Waals surface area contributed by atoms with Crippen LogP contribution in [0.5, 0.6) is 0 Å². The van der Waals surface area contributed by atoms with Crippen molar-refractivity contribution < 1.29 is 0 Å². The van der Waals surface area contributed by atoms with Gasteiger partial charge in [0.05, 0.1) is 0 Å². The van der Waals surface area contributed by atoms with Crippen molar-refractivity contribution in [2.24, 2.45) is 17.6 Å². The number of hydrogen-bond acceptors (Lipinski definition) is 4. The molecular weight excluding hydrogens is 212 g/mol. The Balaban J connectivity index is 1.62. The van der Waals surface area contributed by atoms with Crippen LogP contribution in [-0.4, -0.2) is 55.2 Å². The first-order chi connectivity index (χ1) is 8.22. The Morgan fingerprint density at radius 2 is 2.00 bits per heavy atom. The van der Waals surface area contributed by atoms with Gasteiger partial charge in [-0.2, -0.15) is 0 Å². The molecule has 1 saturated heterocycles. The van der Waals surface area contributed by atoms with E-state index in [1.54, 1.807) is 0 Å². The summed E-state index contributed by atoms with van der Waals surface area (Å²) in [5.74, 6) is 1.78. The lowest BCUT2D eigenvalue weighted by Crippen LogP contribution is -2.64. The van der Waals surface area contributed by atoms with Gasteiger partial charge >= 0.3 is 0 Å². The maximum absolute atomic E-state index is 6.10. The van der Waals surface area contributed by atoms with Crippen molar-refractivity contribution >= 4 is 0 Å². The van der Waals surface area contributed by atoms with E-state index in [1.807, 2.05) is 0 Å². The minimum Gasteiger partial charge on any atom is -0.329 e. The van der Waals surface area contributed by atoms with Gasteiger partial charge in [0.15, 0.2) is 0 Å². The van der Waals surface area contributed by atoms with Crippen molar-refractivity contribution in [3.63, 3.8) is 0 Å². The minimum absolute atomic E-state index is 0.235. The van der Waals surface area contributed by atoms with Crippen molar-refractivity contribution in [1.29, 1.82) is 0 Å². The standard InChI is InChI=1S/C13H26N4/c1-16-4-6-17(7-5-16)15-13(10-14)9-11-2-3-12(13)8-11/h11-12,15H,2-10,14H2,1H3. The Hall–Kier alpha value is -0.160. The molecule has 4 heteroatoms. The molecule has 4 nitrogen and oxygen atoms in total. The third-order valence-electron chi connectivity index (χ3n) is 5.22. The van der Waals surface area contributed by atoms with E-state index >= 15 is 0 Å². The second-order valence-electron chi connectivity index (χ2n) is 6.34. The van der Waals surface area contributed by atoms with Gasteiger partial charge in [-0.05, 0) is 38.1 Å². The van der Waals surface area contributed by atoms with E-state index in [2.05, 4.69) is 22.4 Å². The number of likely N-dealkylation sites (N-methyl/N-ethyl adjacent to an activating group) is 1. The lowest BCUT2D eigenvalue weighted by atomic mass is 9.81. The SMILES string of the molecule is CN1CCN(NC2(CN)CC3CCC2C3)CC1. The first-order valence-corrected chi connectivity index (χ1v) is 7.13. The van der Waals surface area contributed by atoms with Gasteiger partial charge < -0.3 is 10.6 Å². The number of fused-ring (bicyclic) bond motifs is 2. The molecule has 3 N–H and O–H groups in total. The summed E-state index contributed by atoms with van der Waals surface area (Å²) in [6.07, 6.45) is 5.55. The molecule has 0 amide bonds. The van der Waals surface area contributed by atoms with Crippen molar-refractivity contribution in [3.05, 3.63) is 0 Å². The number of nitrogens with one attached hydrogen (secondary N) is 1. The van der Waals surface area contributed by atoms with Gasteiger partial charge in [-0.15, -0.1) is 0 Å². The van der Waals surface area contributed by atoms with E-state index in [0.29, 0.717) is 0 Å². The maximum atomic E-state index is 6.10. The molecule has 2 aliphatic carbocycles. The van der Waals surface area contributed by atoms with Crippen LogP contribution in [0.3, 0.4) is 0 Å². The molecule has 1 aliphatic heterocycles. The van der Waals surface area contributed by atoms with Crippen LogP contribution < -0.4 is 11.2 Å². The van der Waals surface area contributed by atoms with Crippen molar-refractivity contribution in [1.82, 2.24) is 15.3 Å². The molecule has 3 atom stereocenters. The smallest absolute Gasteiger partial charge is 0.0478 e. The highest BCUT2D eigenvalue weighted by Gasteiger charge is 2.50. The third kappa shape index (κ3) is 2.12. The van der Waals surface area contributed by atoms with Gasteiger partial charge in [-0.1, -0.05) is 6.42 Å². The third-order valence-corrected chi connectivity index (χ3v) is 5.22. The van der Waals surface area contributed by atoms with Crippen molar-refractivity contribution in [2.45, 2.75) is 31.2 Å². The predicted molar refractivity (Wildman–Crippen MR) is 69.4 cm³/mol. The zero-order valence-electron chi connectivity index (χ0n) is 11.0. The van der Waals surface area contributed by atoms with E-state index in [1.165, 1.54) is 38.8 Å². The van der Waals surface area contributed by atoms with Gasteiger partial charge in [0.1, 0.15) is 0 Å². The van der Waals surface area contributed by atoms with Gasteiger partial charge in [0, 0.05) is 38.3 Å². The normalized spacial score (nSPS) is 43.4. The van der Waals surface area contributed by atoms with Crippen LogP contribution in [0.25, 0.3) is 0 Å². The fourth-order valence-electron chi connectivity index (χ4n) is 4.11. The van der Waals surface area contributed by atoms with E-state index < -0.39 is 0 Å². The molecule has 0 radical (unpaired) electrons. The molecule has 2 saturated carbocycles. The number of nitrogens with two attached hydrogens (primary N) is 1. The molecule has 3 unspecified atom stereocenters. The first-order valence-electron chi connectivity index (χ1n) is 7.13. The molecule has 2 bridgehead atoms. The van der Waals surface area contributed by atoms with E-state index in [0.717, 1.165) is 31.5 Å². The molecule has 17 heavy (non-hydrogen) atoms. The zero-order valence-corrected chi connectivity index (χ0v) is 11.0. The predicted octanol–water partition coefficient (Wildman–Crippen LogP) is 0.256. The number of nitrogens with zero attached hydrogens (tertiary/aromatic N) is 2. The molecule has 0 spiro atoms. The molecule has 3 fully saturated rings. The second-order valence-corrected chi connectivity index (χ2v) is 6.34. The summed E-state index contributed by atoms with van der Waals surface area (Å²) in [4.78, 5) is 2.40. The summed E-state index contributed by atoms with van der Waals surface area (Å²) in [6.45, 7) is 5.41. The Morgan fingerprint density at radius 3 is 2.53 bits per heavy atom. The molecule has 3 rings (SSSR count). The van der Waals surface area contributed by atoms with E-state index in [-0.39, 0.29) is 5.54 Å². The maximum Gasteiger partial charge on any atom is 0.0478 e.